The van der Waals surface area contributed by atoms with Gasteiger partial charge in [-0.2, -0.15) is 0 Å². The van der Waals surface area contributed by atoms with E-state index in [4.69, 9.17) is 0 Å². The molecule has 9 heteroatoms. The van der Waals surface area contributed by atoms with Crippen molar-refractivity contribution in [1.29, 1.82) is 0 Å². The van der Waals surface area contributed by atoms with Crippen LogP contribution in [0.4, 0.5) is 14.5 Å². The standard InChI is InChI=1S/C20H23F2N3O3S/c1-20(2,3)29(27,28)18-7-5-15(13-23-18)24-8-10-25(11-9-24)19(26)16-6-4-14(21)12-17(16)22/h4-7,12-13H,8-11H2,1-3H3. The molecule has 0 N–H and O–H groups in total. The Morgan fingerprint density at radius 1 is 1.03 bits per heavy atom. The molecule has 0 spiro atoms. The molecule has 1 aliphatic rings. The molecule has 3 rings (SSSR count). The van der Waals surface area contributed by atoms with Crippen LogP contribution in [0.5, 0.6) is 0 Å². The second kappa shape index (κ2) is 7.70. The Balaban J connectivity index is 1.67. The van der Waals surface area contributed by atoms with Crippen LogP contribution in [0.15, 0.2) is 41.6 Å². The first kappa shape index (κ1) is 21.2. The highest BCUT2D eigenvalue weighted by Gasteiger charge is 2.32. The van der Waals surface area contributed by atoms with E-state index in [9.17, 15) is 22.0 Å². The Hall–Kier alpha value is -2.55. The average molecular weight is 423 g/mol. The number of carbonyl (C=O) groups is 1. The number of piperazine rings is 1. The van der Waals surface area contributed by atoms with E-state index >= 15 is 0 Å². The van der Waals surface area contributed by atoms with Gasteiger partial charge in [0.05, 0.1) is 22.2 Å². The lowest BCUT2D eigenvalue weighted by Gasteiger charge is -2.36. The Labute approximate surface area is 169 Å². The lowest BCUT2D eigenvalue weighted by atomic mass is 10.1. The highest BCUT2D eigenvalue weighted by molar-refractivity contribution is 7.92. The molecule has 0 bridgehead atoms. The van der Waals surface area contributed by atoms with E-state index in [-0.39, 0.29) is 10.6 Å². The zero-order valence-corrected chi connectivity index (χ0v) is 17.3. The van der Waals surface area contributed by atoms with Gasteiger partial charge in [0, 0.05) is 32.2 Å². The van der Waals surface area contributed by atoms with E-state index in [2.05, 4.69) is 4.98 Å². The first-order valence-electron chi connectivity index (χ1n) is 9.20. The minimum Gasteiger partial charge on any atom is -0.367 e. The lowest BCUT2D eigenvalue weighted by molar-refractivity contribution is 0.0742. The van der Waals surface area contributed by atoms with E-state index < -0.39 is 32.1 Å². The molecule has 1 aromatic heterocycles. The summed E-state index contributed by atoms with van der Waals surface area (Å²) in [6.07, 6.45) is 1.51. The van der Waals surface area contributed by atoms with Gasteiger partial charge in [0.25, 0.3) is 5.91 Å². The smallest absolute Gasteiger partial charge is 0.256 e. The molecule has 6 nitrogen and oxygen atoms in total. The van der Waals surface area contributed by atoms with Gasteiger partial charge in [-0.3, -0.25) is 4.79 Å². The maximum atomic E-state index is 13.9. The maximum absolute atomic E-state index is 13.9. The van der Waals surface area contributed by atoms with Gasteiger partial charge in [0.2, 0.25) is 0 Å². The molecule has 0 unspecified atom stereocenters. The molecule has 1 fully saturated rings. The van der Waals surface area contributed by atoms with Crippen LogP contribution >= 0.6 is 0 Å². The molecular formula is C20H23F2N3O3S. The molecule has 1 aliphatic heterocycles. The third-order valence-corrected chi connectivity index (χ3v) is 7.30. The number of hydrogen-bond donors (Lipinski definition) is 0. The number of carbonyl (C=O) groups excluding carboxylic acids is 1. The van der Waals surface area contributed by atoms with Crippen molar-refractivity contribution in [2.45, 2.75) is 30.5 Å². The summed E-state index contributed by atoms with van der Waals surface area (Å²) in [7, 11) is -3.53. The fraction of sp³-hybridized carbons (Fsp3) is 0.400. The molecule has 0 radical (unpaired) electrons. The van der Waals surface area contributed by atoms with Crippen molar-refractivity contribution in [2.24, 2.45) is 0 Å². The predicted octanol–water partition coefficient (Wildman–Crippen LogP) is 2.89. The molecule has 0 aliphatic carbocycles. The van der Waals surface area contributed by atoms with Gasteiger partial charge in [-0.05, 0) is 45.0 Å². The van der Waals surface area contributed by atoms with Gasteiger partial charge in [-0.1, -0.05) is 0 Å². The van der Waals surface area contributed by atoms with E-state index in [0.717, 1.165) is 17.8 Å². The van der Waals surface area contributed by atoms with Crippen LogP contribution in [0.25, 0.3) is 0 Å². The number of benzene rings is 1. The molecule has 29 heavy (non-hydrogen) atoms. The number of rotatable bonds is 3. The summed E-state index contributed by atoms with van der Waals surface area (Å²) < 4.78 is 50.9. The van der Waals surface area contributed by atoms with Crippen LogP contribution < -0.4 is 4.90 Å². The predicted molar refractivity (Wildman–Crippen MR) is 106 cm³/mol. The average Bonchev–Trinajstić information content (AvgIpc) is 2.67. The van der Waals surface area contributed by atoms with Crippen LogP contribution in [0.1, 0.15) is 31.1 Å². The summed E-state index contributed by atoms with van der Waals surface area (Å²) in [6, 6.07) is 6.09. The summed E-state index contributed by atoms with van der Waals surface area (Å²) in [4.78, 5) is 20.1. The summed E-state index contributed by atoms with van der Waals surface area (Å²) in [5.74, 6) is -2.09. The number of sulfone groups is 1. The molecule has 0 saturated carbocycles. The zero-order valence-electron chi connectivity index (χ0n) is 16.5. The van der Waals surface area contributed by atoms with Crippen LogP contribution in [-0.2, 0) is 9.84 Å². The maximum Gasteiger partial charge on any atom is 0.256 e. The van der Waals surface area contributed by atoms with Crippen molar-refractivity contribution in [3.05, 3.63) is 53.7 Å². The highest BCUT2D eigenvalue weighted by Crippen LogP contribution is 2.25. The number of aromatic nitrogens is 1. The second-order valence-corrected chi connectivity index (χ2v) is 10.5. The van der Waals surface area contributed by atoms with Crippen LogP contribution in [0.2, 0.25) is 0 Å². The van der Waals surface area contributed by atoms with E-state index in [1.807, 2.05) is 4.90 Å². The number of hydrogen-bond acceptors (Lipinski definition) is 5. The number of amides is 1. The van der Waals surface area contributed by atoms with Crippen molar-refractivity contribution in [3.8, 4) is 0 Å². The third kappa shape index (κ3) is 4.24. The van der Waals surface area contributed by atoms with Gasteiger partial charge in [-0.25, -0.2) is 22.2 Å². The molecule has 156 valence electrons. The quantitative estimate of drug-likeness (QED) is 0.759. The fourth-order valence-corrected chi connectivity index (χ4v) is 4.10. The largest absolute Gasteiger partial charge is 0.367 e. The van der Waals surface area contributed by atoms with Crippen LogP contribution in [0.3, 0.4) is 0 Å². The van der Waals surface area contributed by atoms with Gasteiger partial charge in [0.15, 0.2) is 14.9 Å². The van der Waals surface area contributed by atoms with Gasteiger partial charge in [0.1, 0.15) is 11.6 Å². The molecule has 1 amide bonds. The van der Waals surface area contributed by atoms with E-state index in [0.29, 0.717) is 32.2 Å². The number of anilines is 1. The Kier molecular flexibility index (Phi) is 5.62. The fourth-order valence-electron chi connectivity index (χ4n) is 3.03. The minimum absolute atomic E-state index is 0.0225. The van der Waals surface area contributed by atoms with Gasteiger partial charge >= 0.3 is 0 Å². The second-order valence-electron chi connectivity index (χ2n) is 7.87. The lowest BCUT2D eigenvalue weighted by Crippen LogP contribution is -2.49. The monoisotopic (exact) mass is 423 g/mol. The van der Waals surface area contributed by atoms with Crippen molar-refractivity contribution in [3.63, 3.8) is 0 Å². The minimum atomic E-state index is -3.53. The topological polar surface area (TPSA) is 70.6 Å². The molecule has 2 heterocycles. The zero-order chi connectivity index (χ0) is 21.4. The van der Waals surface area contributed by atoms with Crippen molar-refractivity contribution < 1.29 is 22.0 Å². The number of nitrogens with zero attached hydrogens (tertiary/aromatic N) is 3. The number of halogens is 2. The summed E-state index contributed by atoms with van der Waals surface area (Å²) in [6.45, 7) is 6.56. The Bertz CT molecular complexity index is 1010. The normalized spacial score (nSPS) is 15.5. The van der Waals surface area contributed by atoms with Gasteiger partial charge < -0.3 is 9.80 Å². The molecule has 0 atom stereocenters. The van der Waals surface area contributed by atoms with E-state index in [1.54, 1.807) is 26.8 Å². The molecule has 1 saturated heterocycles. The van der Waals surface area contributed by atoms with Crippen molar-refractivity contribution in [2.75, 3.05) is 31.1 Å². The first-order valence-corrected chi connectivity index (χ1v) is 10.7. The van der Waals surface area contributed by atoms with Gasteiger partial charge in [-0.15, -0.1) is 0 Å². The third-order valence-electron chi connectivity index (χ3n) is 4.90. The Morgan fingerprint density at radius 2 is 1.69 bits per heavy atom. The summed E-state index contributed by atoms with van der Waals surface area (Å²) >= 11 is 0. The van der Waals surface area contributed by atoms with Crippen LogP contribution in [0, 0.1) is 11.6 Å². The first-order chi connectivity index (χ1) is 13.5. The number of pyridine rings is 1. The molecule has 2 aromatic rings. The Morgan fingerprint density at radius 3 is 2.21 bits per heavy atom. The SMILES string of the molecule is CC(C)(C)S(=O)(=O)c1ccc(N2CCN(C(=O)c3ccc(F)cc3F)CC2)cn1. The summed E-state index contributed by atoms with van der Waals surface area (Å²) in [5, 5.41) is 0.0225. The van der Waals surface area contributed by atoms with Crippen molar-refractivity contribution >= 4 is 21.4 Å². The molecular weight excluding hydrogens is 400 g/mol. The highest BCUT2D eigenvalue weighted by atomic mass is 32.2. The van der Waals surface area contributed by atoms with Crippen LogP contribution in [-0.4, -0.2) is 55.1 Å². The molecule has 1 aromatic carbocycles. The van der Waals surface area contributed by atoms with E-state index in [1.165, 1.54) is 17.2 Å². The van der Waals surface area contributed by atoms with Crippen molar-refractivity contribution in [1.82, 2.24) is 9.88 Å². The summed E-state index contributed by atoms with van der Waals surface area (Å²) in [5.41, 5.74) is 0.594.